The summed E-state index contributed by atoms with van der Waals surface area (Å²) in [7, 11) is 0. The van der Waals surface area contributed by atoms with Gasteiger partial charge in [0.2, 0.25) is 0 Å². The maximum atomic E-state index is 6.00. The van der Waals surface area contributed by atoms with Crippen molar-refractivity contribution in [3.8, 4) is 0 Å². The summed E-state index contributed by atoms with van der Waals surface area (Å²) in [6, 6.07) is 2.07. The number of rotatable bonds is 1. The molecule has 1 saturated carbocycles. The molecule has 1 heterocycles. The van der Waals surface area contributed by atoms with Crippen molar-refractivity contribution in [2.45, 2.75) is 71.0 Å². The van der Waals surface area contributed by atoms with E-state index >= 15 is 0 Å². The van der Waals surface area contributed by atoms with E-state index in [4.69, 9.17) is 5.73 Å². The van der Waals surface area contributed by atoms with Crippen LogP contribution in [-0.2, 0) is 0 Å². The first-order valence-corrected chi connectivity index (χ1v) is 7.09. The van der Waals surface area contributed by atoms with Gasteiger partial charge in [0.25, 0.3) is 0 Å². The second kappa shape index (κ2) is 5.05. The van der Waals surface area contributed by atoms with Gasteiger partial charge in [-0.15, -0.1) is 0 Å². The minimum absolute atomic E-state index is 0.478. The zero-order valence-electron chi connectivity index (χ0n) is 11.2. The van der Waals surface area contributed by atoms with Crippen LogP contribution in [0.15, 0.2) is 0 Å². The fraction of sp³-hybridized carbons (Fsp3) is 1.00. The minimum Gasteiger partial charge on any atom is -0.328 e. The van der Waals surface area contributed by atoms with Gasteiger partial charge < -0.3 is 5.73 Å². The molecule has 2 rings (SSSR count). The Labute approximate surface area is 101 Å². The lowest BCUT2D eigenvalue weighted by Crippen LogP contribution is -2.52. The van der Waals surface area contributed by atoms with Gasteiger partial charge in [-0.1, -0.05) is 13.8 Å². The molecule has 2 heteroatoms. The second-order valence-electron chi connectivity index (χ2n) is 6.32. The Bertz CT molecular complexity index is 221. The van der Waals surface area contributed by atoms with E-state index in [0.29, 0.717) is 6.04 Å². The van der Waals surface area contributed by atoms with E-state index in [0.717, 1.165) is 23.9 Å². The Morgan fingerprint density at radius 1 is 1.00 bits per heavy atom. The largest absolute Gasteiger partial charge is 0.328 e. The topological polar surface area (TPSA) is 29.3 Å². The van der Waals surface area contributed by atoms with Crippen molar-refractivity contribution in [2.75, 3.05) is 6.54 Å². The Balaban J connectivity index is 1.96. The predicted molar refractivity (Wildman–Crippen MR) is 69.3 cm³/mol. The Morgan fingerprint density at radius 3 is 2.25 bits per heavy atom. The van der Waals surface area contributed by atoms with Crippen LogP contribution in [0.25, 0.3) is 0 Å². The first-order chi connectivity index (χ1) is 7.58. The van der Waals surface area contributed by atoms with Crippen LogP contribution >= 0.6 is 0 Å². The van der Waals surface area contributed by atoms with Gasteiger partial charge in [0.05, 0.1) is 0 Å². The van der Waals surface area contributed by atoms with Crippen molar-refractivity contribution in [3.05, 3.63) is 0 Å². The van der Waals surface area contributed by atoms with Crippen molar-refractivity contribution in [1.82, 2.24) is 4.90 Å². The van der Waals surface area contributed by atoms with Gasteiger partial charge in [0.1, 0.15) is 0 Å². The van der Waals surface area contributed by atoms with Gasteiger partial charge in [-0.3, -0.25) is 4.90 Å². The van der Waals surface area contributed by atoms with E-state index < -0.39 is 0 Å². The molecule has 0 aromatic rings. The number of hydrogen-bond acceptors (Lipinski definition) is 2. The highest BCUT2D eigenvalue weighted by Gasteiger charge is 2.34. The van der Waals surface area contributed by atoms with Gasteiger partial charge in [-0.05, 0) is 50.9 Å². The summed E-state index contributed by atoms with van der Waals surface area (Å²) in [6.07, 6.45) is 6.52. The molecule has 2 aliphatic rings. The Hall–Kier alpha value is -0.0800. The van der Waals surface area contributed by atoms with Crippen molar-refractivity contribution >= 4 is 0 Å². The molecule has 0 aromatic heterocycles. The van der Waals surface area contributed by atoms with E-state index in [1.54, 1.807) is 0 Å². The summed E-state index contributed by atoms with van der Waals surface area (Å²) in [5, 5.41) is 0. The summed E-state index contributed by atoms with van der Waals surface area (Å²) in [5.74, 6) is 1.74. The molecule has 0 aromatic carbocycles. The fourth-order valence-electron chi connectivity index (χ4n) is 3.67. The SMILES string of the molecule is CC1CC(C)C(C)N(C2CCC(N)CC2)C1. The van der Waals surface area contributed by atoms with Crippen LogP contribution in [0.1, 0.15) is 52.9 Å². The Kier molecular flexibility index (Phi) is 3.91. The average molecular weight is 224 g/mol. The van der Waals surface area contributed by atoms with E-state index in [1.165, 1.54) is 38.6 Å². The fourth-order valence-corrected chi connectivity index (χ4v) is 3.67. The Morgan fingerprint density at radius 2 is 1.62 bits per heavy atom. The van der Waals surface area contributed by atoms with Crippen LogP contribution in [0.2, 0.25) is 0 Å². The molecular weight excluding hydrogens is 196 g/mol. The van der Waals surface area contributed by atoms with E-state index in [9.17, 15) is 0 Å². The quantitative estimate of drug-likeness (QED) is 0.742. The maximum Gasteiger partial charge on any atom is 0.00994 e. The van der Waals surface area contributed by atoms with Crippen LogP contribution in [0.4, 0.5) is 0 Å². The second-order valence-corrected chi connectivity index (χ2v) is 6.32. The van der Waals surface area contributed by atoms with Crippen LogP contribution in [0, 0.1) is 11.8 Å². The molecule has 3 unspecified atom stereocenters. The summed E-state index contributed by atoms with van der Waals surface area (Å²) >= 11 is 0. The third kappa shape index (κ3) is 2.60. The number of nitrogens with zero attached hydrogens (tertiary/aromatic N) is 1. The molecule has 3 atom stereocenters. The molecule has 1 aliphatic carbocycles. The van der Waals surface area contributed by atoms with Crippen LogP contribution in [0.5, 0.6) is 0 Å². The van der Waals surface area contributed by atoms with Crippen molar-refractivity contribution in [3.63, 3.8) is 0 Å². The normalized spacial score (nSPS) is 46.9. The number of piperidine rings is 1. The van der Waals surface area contributed by atoms with E-state index in [1.807, 2.05) is 0 Å². The molecule has 16 heavy (non-hydrogen) atoms. The molecule has 0 amide bonds. The summed E-state index contributed by atoms with van der Waals surface area (Å²) in [5.41, 5.74) is 6.00. The van der Waals surface area contributed by atoms with E-state index in [-0.39, 0.29) is 0 Å². The highest BCUT2D eigenvalue weighted by atomic mass is 15.2. The van der Waals surface area contributed by atoms with Crippen molar-refractivity contribution in [2.24, 2.45) is 17.6 Å². The number of hydrogen-bond donors (Lipinski definition) is 1. The molecule has 94 valence electrons. The van der Waals surface area contributed by atoms with Gasteiger partial charge in [-0.25, -0.2) is 0 Å². The maximum absolute atomic E-state index is 6.00. The molecule has 2 fully saturated rings. The third-order valence-electron chi connectivity index (χ3n) is 4.85. The molecule has 0 bridgehead atoms. The first-order valence-electron chi connectivity index (χ1n) is 7.09. The molecule has 0 radical (unpaired) electrons. The predicted octanol–water partition coefficient (Wildman–Crippen LogP) is 2.62. The van der Waals surface area contributed by atoms with Crippen molar-refractivity contribution < 1.29 is 0 Å². The minimum atomic E-state index is 0.478. The van der Waals surface area contributed by atoms with Crippen molar-refractivity contribution in [1.29, 1.82) is 0 Å². The number of nitrogens with two attached hydrogens (primary N) is 1. The zero-order valence-corrected chi connectivity index (χ0v) is 11.2. The van der Waals surface area contributed by atoms with Crippen LogP contribution in [0.3, 0.4) is 0 Å². The summed E-state index contributed by atoms with van der Waals surface area (Å²) in [4.78, 5) is 2.78. The van der Waals surface area contributed by atoms with E-state index in [2.05, 4.69) is 25.7 Å². The highest BCUT2D eigenvalue weighted by Crippen LogP contribution is 2.32. The number of likely N-dealkylation sites (tertiary alicyclic amines) is 1. The molecule has 2 nitrogen and oxygen atoms in total. The van der Waals surface area contributed by atoms with Crippen LogP contribution in [-0.4, -0.2) is 29.6 Å². The highest BCUT2D eigenvalue weighted by molar-refractivity contribution is 4.89. The monoisotopic (exact) mass is 224 g/mol. The molecule has 1 aliphatic heterocycles. The van der Waals surface area contributed by atoms with Crippen LogP contribution < -0.4 is 5.73 Å². The summed E-state index contributed by atoms with van der Waals surface area (Å²) < 4.78 is 0. The van der Waals surface area contributed by atoms with Gasteiger partial charge in [0, 0.05) is 24.7 Å². The third-order valence-corrected chi connectivity index (χ3v) is 4.85. The average Bonchev–Trinajstić information content (AvgIpc) is 2.25. The zero-order chi connectivity index (χ0) is 11.7. The first kappa shape index (κ1) is 12.4. The molecule has 1 saturated heterocycles. The smallest absolute Gasteiger partial charge is 0.00994 e. The van der Waals surface area contributed by atoms with Gasteiger partial charge in [0.15, 0.2) is 0 Å². The lowest BCUT2D eigenvalue weighted by molar-refractivity contribution is 0.0239. The van der Waals surface area contributed by atoms with Gasteiger partial charge in [-0.2, -0.15) is 0 Å². The summed E-state index contributed by atoms with van der Waals surface area (Å²) in [6.45, 7) is 8.56. The molecule has 0 spiro atoms. The molecular formula is C14H28N2. The standard InChI is InChI=1S/C14H28N2/c1-10-8-11(2)12(3)16(9-10)14-6-4-13(15)5-7-14/h10-14H,4-9,15H2,1-3H3. The molecule has 2 N–H and O–H groups in total. The van der Waals surface area contributed by atoms with Gasteiger partial charge >= 0.3 is 0 Å². The lowest BCUT2D eigenvalue weighted by atomic mass is 9.82. The lowest BCUT2D eigenvalue weighted by Gasteiger charge is -2.47.